The Kier molecular flexibility index (Phi) is 7.48. The molecule has 0 aliphatic heterocycles. The zero-order valence-corrected chi connectivity index (χ0v) is 15.9. The van der Waals surface area contributed by atoms with E-state index >= 15 is 0 Å². The molecule has 2 aromatic carbocycles. The Labute approximate surface area is 155 Å². The molecule has 2 rings (SSSR count). The fourth-order valence-electron chi connectivity index (χ4n) is 2.55. The van der Waals surface area contributed by atoms with Crippen LogP contribution < -0.4 is 14.8 Å². The number of ether oxygens (including phenoxy) is 3. The highest BCUT2D eigenvalue weighted by Gasteiger charge is 2.09. The molecule has 0 saturated carbocycles. The first-order chi connectivity index (χ1) is 12.5. The topological polar surface area (TPSA) is 56.8 Å². The van der Waals surface area contributed by atoms with Gasteiger partial charge in [-0.1, -0.05) is 12.1 Å². The molecule has 1 N–H and O–H groups in total. The second kappa shape index (κ2) is 9.82. The van der Waals surface area contributed by atoms with Gasteiger partial charge in [0.15, 0.2) is 0 Å². The summed E-state index contributed by atoms with van der Waals surface area (Å²) in [5, 5.41) is 2.94. The van der Waals surface area contributed by atoms with Crippen LogP contribution >= 0.6 is 0 Å². The molecule has 0 bridgehead atoms. The van der Waals surface area contributed by atoms with Crippen LogP contribution in [0.2, 0.25) is 0 Å². The number of anilines is 1. The zero-order chi connectivity index (χ0) is 18.9. The summed E-state index contributed by atoms with van der Waals surface area (Å²) >= 11 is 0. The molecule has 0 aromatic heterocycles. The van der Waals surface area contributed by atoms with Gasteiger partial charge in [-0.05, 0) is 61.7 Å². The second-order valence-electron chi connectivity index (χ2n) is 6.29. The molecular formula is C21H27NO4. The molecule has 2 aromatic rings. The fourth-order valence-corrected chi connectivity index (χ4v) is 2.55. The highest BCUT2D eigenvalue weighted by molar-refractivity contribution is 5.90. The van der Waals surface area contributed by atoms with Gasteiger partial charge in [0.1, 0.15) is 11.5 Å². The molecule has 140 valence electrons. The molecule has 0 atom stereocenters. The first-order valence-electron chi connectivity index (χ1n) is 8.73. The lowest BCUT2D eigenvalue weighted by molar-refractivity contribution is -0.116. The molecule has 5 heteroatoms. The maximum atomic E-state index is 12.3. The number of aryl methyl sites for hydroxylation is 1. The van der Waals surface area contributed by atoms with Gasteiger partial charge in [-0.15, -0.1) is 0 Å². The molecule has 5 nitrogen and oxygen atoms in total. The number of carbonyl (C=O) groups is 1. The summed E-state index contributed by atoms with van der Waals surface area (Å²) in [6.07, 6.45) is 1.10. The van der Waals surface area contributed by atoms with Crippen molar-refractivity contribution < 1.29 is 19.0 Å². The van der Waals surface area contributed by atoms with Crippen LogP contribution in [0.3, 0.4) is 0 Å². The van der Waals surface area contributed by atoms with Crippen molar-refractivity contribution in [1.29, 1.82) is 0 Å². The Morgan fingerprint density at radius 1 is 1.08 bits per heavy atom. The predicted octanol–water partition coefficient (Wildman–Crippen LogP) is 4.20. The van der Waals surface area contributed by atoms with Gasteiger partial charge in [0, 0.05) is 12.1 Å². The molecule has 0 fully saturated rings. The van der Waals surface area contributed by atoms with Crippen molar-refractivity contribution in [2.24, 2.45) is 0 Å². The predicted molar refractivity (Wildman–Crippen MR) is 103 cm³/mol. The van der Waals surface area contributed by atoms with Crippen molar-refractivity contribution in [3.63, 3.8) is 0 Å². The molecule has 0 saturated heterocycles. The number of nitrogens with one attached hydrogen (secondary N) is 1. The van der Waals surface area contributed by atoms with Crippen molar-refractivity contribution in [2.75, 3.05) is 19.5 Å². The summed E-state index contributed by atoms with van der Waals surface area (Å²) in [7, 11) is 3.24. The van der Waals surface area contributed by atoms with E-state index in [9.17, 15) is 4.79 Å². The van der Waals surface area contributed by atoms with Crippen LogP contribution in [0.1, 0.15) is 31.4 Å². The summed E-state index contributed by atoms with van der Waals surface area (Å²) in [6.45, 7) is 4.53. The summed E-state index contributed by atoms with van der Waals surface area (Å²) in [6, 6.07) is 13.3. The third-order valence-corrected chi connectivity index (χ3v) is 3.90. The third kappa shape index (κ3) is 6.08. The van der Waals surface area contributed by atoms with Crippen LogP contribution in [0, 0.1) is 0 Å². The minimum Gasteiger partial charge on any atom is -0.497 e. The monoisotopic (exact) mass is 357 g/mol. The Balaban J connectivity index is 1.94. The number of methoxy groups -OCH3 is 2. The van der Waals surface area contributed by atoms with E-state index in [-0.39, 0.29) is 12.0 Å². The maximum Gasteiger partial charge on any atom is 0.224 e. The van der Waals surface area contributed by atoms with Crippen LogP contribution in [0.5, 0.6) is 11.5 Å². The van der Waals surface area contributed by atoms with Crippen molar-refractivity contribution in [3.05, 3.63) is 53.6 Å². The van der Waals surface area contributed by atoms with E-state index in [1.165, 1.54) is 0 Å². The van der Waals surface area contributed by atoms with E-state index in [4.69, 9.17) is 14.2 Å². The average molecular weight is 357 g/mol. The third-order valence-electron chi connectivity index (χ3n) is 3.90. The fraction of sp³-hybridized carbons (Fsp3) is 0.381. The summed E-state index contributed by atoms with van der Waals surface area (Å²) < 4.78 is 16.2. The number of hydrogen-bond donors (Lipinski definition) is 1. The van der Waals surface area contributed by atoms with E-state index in [0.29, 0.717) is 19.4 Å². The Hall–Kier alpha value is -2.53. The number of carbonyl (C=O) groups excluding carboxylic acids is 1. The summed E-state index contributed by atoms with van der Waals surface area (Å²) in [5.74, 6) is 1.46. The Morgan fingerprint density at radius 2 is 1.88 bits per heavy atom. The van der Waals surface area contributed by atoms with E-state index in [1.807, 2.05) is 56.3 Å². The van der Waals surface area contributed by atoms with Gasteiger partial charge in [0.25, 0.3) is 0 Å². The molecule has 0 radical (unpaired) electrons. The highest BCUT2D eigenvalue weighted by Crippen LogP contribution is 2.25. The maximum absolute atomic E-state index is 12.3. The van der Waals surface area contributed by atoms with Crippen molar-refractivity contribution in [3.8, 4) is 11.5 Å². The molecule has 0 aliphatic rings. The van der Waals surface area contributed by atoms with Crippen molar-refractivity contribution in [1.82, 2.24) is 0 Å². The normalized spacial score (nSPS) is 10.7. The molecule has 0 heterocycles. The average Bonchev–Trinajstić information content (AvgIpc) is 2.64. The lowest BCUT2D eigenvalue weighted by Crippen LogP contribution is -2.13. The summed E-state index contributed by atoms with van der Waals surface area (Å²) in [5.41, 5.74) is 2.75. The molecular weight excluding hydrogens is 330 g/mol. The van der Waals surface area contributed by atoms with Gasteiger partial charge in [-0.2, -0.15) is 0 Å². The van der Waals surface area contributed by atoms with E-state index in [2.05, 4.69) is 5.32 Å². The van der Waals surface area contributed by atoms with Crippen LogP contribution in [-0.2, 0) is 22.6 Å². The van der Waals surface area contributed by atoms with E-state index < -0.39 is 0 Å². The smallest absolute Gasteiger partial charge is 0.224 e. The first kappa shape index (κ1) is 19.8. The van der Waals surface area contributed by atoms with Crippen LogP contribution in [0.25, 0.3) is 0 Å². The highest BCUT2D eigenvalue weighted by atomic mass is 16.5. The molecule has 26 heavy (non-hydrogen) atoms. The number of benzene rings is 2. The van der Waals surface area contributed by atoms with Gasteiger partial charge >= 0.3 is 0 Å². The number of rotatable bonds is 9. The van der Waals surface area contributed by atoms with E-state index in [0.717, 1.165) is 28.3 Å². The minimum atomic E-state index is -0.0446. The quantitative estimate of drug-likeness (QED) is 0.731. The van der Waals surface area contributed by atoms with Gasteiger partial charge < -0.3 is 19.5 Å². The first-order valence-corrected chi connectivity index (χ1v) is 8.73. The zero-order valence-electron chi connectivity index (χ0n) is 15.9. The molecule has 0 unspecified atom stereocenters. The van der Waals surface area contributed by atoms with Gasteiger partial charge in [-0.25, -0.2) is 0 Å². The van der Waals surface area contributed by atoms with Crippen LogP contribution in [0.4, 0.5) is 5.69 Å². The lowest BCUT2D eigenvalue weighted by Gasteiger charge is -2.11. The van der Waals surface area contributed by atoms with Gasteiger partial charge in [0.2, 0.25) is 5.91 Å². The standard InChI is InChI=1S/C21H27NO4/c1-15(2)26-14-16-6-5-7-18(12-16)22-21(23)11-8-17-13-19(24-3)9-10-20(17)25-4/h5-7,9-10,12-13,15H,8,11,14H2,1-4H3,(H,22,23). The minimum absolute atomic E-state index is 0.0446. The van der Waals surface area contributed by atoms with Crippen molar-refractivity contribution >= 4 is 11.6 Å². The Bertz CT molecular complexity index is 728. The van der Waals surface area contributed by atoms with E-state index in [1.54, 1.807) is 14.2 Å². The van der Waals surface area contributed by atoms with Gasteiger partial charge in [0.05, 0.1) is 26.9 Å². The molecule has 0 spiro atoms. The second-order valence-corrected chi connectivity index (χ2v) is 6.29. The van der Waals surface area contributed by atoms with Crippen molar-refractivity contribution in [2.45, 2.75) is 39.4 Å². The SMILES string of the molecule is COc1ccc(OC)c(CCC(=O)Nc2cccc(COC(C)C)c2)c1. The van der Waals surface area contributed by atoms with Gasteiger partial charge in [-0.3, -0.25) is 4.79 Å². The molecule has 0 aliphatic carbocycles. The van der Waals surface area contributed by atoms with Crippen LogP contribution in [0.15, 0.2) is 42.5 Å². The molecule has 1 amide bonds. The van der Waals surface area contributed by atoms with Crippen LogP contribution in [-0.4, -0.2) is 26.2 Å². The largest absolute Gasteiger partial charge is 0.497 e. The summed E-state index contributed by atoms with van der Waals surface area (Å²) in [4.78, 5) is 12.3. The lowest BCUT2D eigenvalue weighted by atomic mass is 10.1. The number of amides is 1. The Morgan fingerprint density at radius 3 is 2.58 bits per heavy atom. The number of hydrogen-bond acceptors (Lipinski definition) is 4.